The molecule has 0 aliphatic rings. The standard InChI is InChI=1S/C23H18Cl2N2O2S2/c1-15-2-11-21-20(12-15)26-23(30)27(21)13-22(17-5-9-19(25)10-6-17)31(28,29)14-16-3-7-18(24)8-4-16/h2-13H,14H2,1H3,(H,26,30)/b22-13+. The van der Waals surface area contributed by atoms with Crippen LogP contribution in [0.15, 0.2) is 66.7 Å². The zero-order valence-corrected chi connectivity index (χ0v) is 19.6. The molecule has 0 aliphatic carbocycles. The van der Waals surface area contributed by atoms with Gasteiger partial charge in [-0.05, 0) is 72.2 Å². The molecule has 0 saturated carbocycles. The summed E-state index contributed by atoms with van der Waals surface area (Å²) in [5, 5.41) is 1.08. The minimum Gasteiger partial charge on any atom is -0.330 e. The second-order valence-electron chi connectivity index (χ2n) is 7.21. The van der Waals surface area contributed by atoms with Crippen LogP contribution in [0.1, 0.15) is 16.7 Å². The molecule has 3 aromatic carbocycles. The normalized spacial score (nSPS) is 12.4. The summed E-state index contributed by atoms with van der Waals surface area (Å²) in [5.74, 6) is -0.173. The lowest BCUT2D eigenvalue weighted by molar-refractivity contribution is 0.605. The molecule has 4 aromatic rings. The van der Waals surface area contributed by atoms with Crippen LogP contribution < -0.4 is 0 Å². The Balaban J connectivity index is 1.89. The van der Waals surface area contributed by atoms with E-state index in [2.05, 4.69) is 4.98 Å². The maximum Gasteiger partial charge on any atom is 0.184 e. The minimum atomic E-state index is -3.73. The van der Waals surface area contributed by atoms with Gasteiger partial charge in [-0.15, -0.1) is 0 Å². The largest absolute Gasteiger partial charge is 0.330 e. The number of aromatic amines is 1. The molecule has 0 atom stereocenters. The Morgan fingerprint density at radius 2 is 1.61 bits per heavy atom. The van der Waals surface area contributed by atoms with E-state index in [1.54, 1.807) is 59.3 Å². The second-order valence-corrected chi connectivity index (χ2v) is 10.4. The monoisotopic (exact) mass is 488 g/mol. The molecular weight excluding hydrogens is 471 g/mol. The number of hydrogen-bond acceptors (Lipinski definition) is 3. The molecule has 0 radical (unpaired) electrons. The topological polar surface area (TPSA) is 54.9 Å². The summed E-state index contributed by atoms with van der Waals surface area (Å²) in [6.07, 6.45) is 1.57. The Kier molecular flexibility index (Phi) is 6.08. The number of nitrogens with zero attached hydrogens (tertiary/aromatic N) is 1. The lowest BCUT2D eigenvalue weighted by Gasteiger charge is -2.11. The first kappa shape index (κ1) is 21.8. The summed E-state index contributed by atoms with van der Waals surface area (Å²) < 4.78 is 29.1. The summed E-state index contributed by atoms with van der Waals surface area (Å²) in [5.41, 5.74) is 3.88. The van der Waals surface area contributed by atoms with Gasteiger partial charge in [0, 0.05) is 16.2 Å². The Bertz CT molecular complexity index is 1450. The van der Waals surface area contributed by atoms with Gasteiger partial charge in [0.15, 0.2) is 14.6 Å². The molecule has 0 bridgehead atoms. The molecule has 0 spiro atoms. The molecule has 0 amide bonds. The van der Waals surface area contributed by atoms with Crippen LogP contribution >= 0.6 is 35.4 Å². The van der Waals surface area contributed by atoms with Crippen molar-refractivity contribution in [3.63, 3.8) is 0 Å². The number of rotatable bonds is 5. The number of aromatic nitrogens is 2. The van der Waals surface area contributed by atoms with Crippen molar-refractivity contribution in [2.75, 3.05) is 0 Å². The third-order valence-corrected chi connectivity index (χ3v) is 7.38. The number of fused-ring (bicyclic) bond motifs is 1. The van der Waals surface area contributed by atoms with Crippen LogP contribution in [0.5, 0.6) is 0 Å². The van der Waals surface area contributed by atoms with Gasteiger partial charge in [0.25, 0.3) is 0 Å². The molecule has 1 N–H and O–H groups in total. The molecule has 158 valence electrons. The summed E-state index contributed by atoms with van der Waals surface area (Å²) in [4.78, 5) is 3.29. The van der Waals surface area contributed by atoms with E-state index in [1.165, 1.54) is 0 Å². The Morgan fingerprint density at radius 3 is 2.26 bits per heavy atom. The van der Waals surface area contributed by atoms with Crippen molar-refractivity contribution in [1.82, 2.24) is 9.55 Å². The predicted octanol–water partition coefficient (Wildman–Crippen LogP) is 6.88. The fourth-order valence-electron chi connectivity index (χ4n) is 3.32. The number of halogens is 2. The first-order valence-electron chi connectivity index (χ1n) is 9.39. The second kappa shape index (κ2) is 8.63. The maximum atomic E-state index is 13.5. The number of aryl methyl sites for hydroxylation is 1. The number of benzene rings is 3. The number of imidazole rings is 1. The van der Waals surface area contributed by atoms with Gasteiger partial charge in [-0.25, -0.2) is 8.42 Å². The van der Waals surface area contributed by atoms with Gasteiger partial charge >= 0.3 is 0 Å². The summed E-state index contributed by atoms with van der Waals surface area (Å²) in [6.45, 7) is 1.99. The highest BCUT2D eigenvalue weighted by atomic mass is 35.5. The fraction of sp³-hybridized carbons (Fsp3) is 0.0870. The highest BCUT2D eigenvalue weighted by Gasteiger charge is 2.22. The summed E-state index contributed by atoms with van der Waals surface area (Å²) in [7, 11) is -3.73. The quantitative estimate of drug-likeness (QED) is 0.311. The lowest BCUT2D eigenvalue weighted by atomic mass is 10.2. The van der Waals surface area contributed by atoms with E-state index < -0.39 is 9.84 Å². The van der Waals surface area contributed by atoms with Crippen LogP contribution in [0.4, 0.5) is 0 Å². The van der Waals surface area contributed by atoms with Crippen molar-refractivity contribution in [1.29, 1.82) is 0 Å². The minimum absolute atomic E-state index is 0.150. The SMILES string of the molecule is Cc1ccc2c(c1)[nH]c(=S)n2/C=C(\c1ccc(Cl)cc1)S(=O)(=O)Cc1ccc(Cl)cc1. The Morgan fingerprint density at radius 1 is 1.00 bits per heavy atom. The van der Waals surface area contributed by atoms with Gasteiger partial charge < -0.3 is 4.98 Å². The van der Waals surface area contributed by atoms with Crippen molar-refractivity contribution in [3.05, 3.63) is 98.2 Å². The molecule has 0 saturated heterocycles. The van der Waals surface area contributed by atoms with Gasteiger partial charge in [-0.3, -0.25) is 4.57 Å². The molecule has 31 heavy (non-hydrogen) atoms. The van der Waals surface area contributed by atoms with Crippen molar-refractivity contribution < 1.29 is 8.42 Å². The summed E-state index contributed by atoms with van der Waals surface area (Å²) in [6, 6.07) is 19.3. The van der Waals surface area contributed by atoms with Crippen molar-refractivity contribution in [3.8, 4) is 0 Å². The molecule has 0 unspecified atom stereocenters. The van der Waals surface area contributed by atoms with Crippen molar-refractivity contribution >= 4 is 67.4 Å². The molecule has 4 nitrogen and oxygen atoms in total. The van der Waals surface area contributed by atoms with Gasteiger partial charge in [0.2, 0.25) is 0 Å². The molecular formula is C23H18Cl2N2O2S2. The van der Waals surface area contributed by atoms with E-state index >= 15 is 0 Å². The number of H-pyrrole nitrogens is 1. The fourth-order valence-corrected chi connectivity index (χ4v) is 5.38. The molecule has 0 fully saturated rings. The third-order valence-electron chi connectivity index (χ3n) is 4.85. The lowest BCUT2D eigenvalue weighted by Crippen LogP contribution is -2.08. The highest BCUT2D eigenvalue weighted by Crippen LogP contribution is 2.29. The zero-order valence-electron chi connectivity index (χ0n) is 16.5. The van der Waals surface area contributed by atoms with E-state index in [4.69, 9.17) is 35.4 Å². The molecule has 1 aromatic heterocycles. The highest BCUT2D eigenvalue weighted by molar-refractivity contribution is 8.00. The van der Waals surface area contributed by atoms with Crippen molar-refractivity contribution in [2.45, 2.75) is 12.7 Å². The maximum absolute atomic E-state index is 13.5. The van der Waals surface area contributed by atoms with Gasteiger partial charge in [0.1, 0.15) is 0 Å². The van der Waals surface area contributed by atoms with E-state index in [1.807, 2.05) is 25.1 Å². The molecule has 4 rings (SSSR count). The average molecular weight is 489 g/mol. The molecule has 8 heteroatoms. The van der Waals surface area contributed by atoms with E-state index in [9.17, 15) is 8.42 Å². The van der Waals surface area contributed by atoms with Crippen LogP contribution in [-0.2, 0) is 15.6 Å². The van der Waals surface area contributed by atoms with Gasteiger partial charge in [0.05, 0.1) is 21.7 Å². The van der Waals surface area contributed by atoms with E-state index in [0.29, 0.717) is 25.9 Å². The van der Waals surface area contributed by atoms with E-state index in [-0.39, 0.29) is 10.7 Å². The number of hydrogen-bond donors (Lipinski definition) is 1. The number of sulfone groups is 1. The Hall–Kier alpha value is -2.38. The summed E-state index contributed by atoms with van der Waals surface area (Å²) >= 11 is 17.5. The average Bonchev–Trinajstić information content (AvgIpc) is 3.02. The van der Waals surface area contributed by atoms with Gasteiger partial charge in [-0.1, -0.05) is 53.5 Å². The molecule has 1 heterocycles. The first-order valence-corrected chi connectivity index (χ1v) is 12.2. The first-order chi connectivity index (χ1) is 14.7. The van der Waals surface area contributed by atoms with Crippen LogP contribution in [0.25, 0.3) is 22.1 Å². The van der Waals surface area contributed by atoms with Gasteiger partial charge in [-0.2, -0.15) is 0 Å². The Labute approximate surface area is 195 Å². The van der Waals surface area contributed by atoms with Crippen LogP contribution in [0.2, 0.25) is 10.0 Å². The number of nitrogens with one attached hydrogen (secondary N) is 1. The zero-order chi connectivity index (χ0) is 22.2. The predicted molar refractivity (Wildman–Crippen MR) is 132 cm³/mol. The van der Waals surface area contributed by atoms with Crippen molar-refractivity contribution in [2.24, 2.45) is 0 Å². The van der Waals surface area contributed by atoms with Crippen LogP contribution in [0.3, 0.4) is 0 Å². The smallest absolute Gasteiger partial charge is 0.184 e. The van der Waals surface area contributed by atoms with E-state index in [0.717, 1.165) is 16.6 Å². The van der Waals surface area contributed by atoms with Crippen LogP contribution in [0, 0.1) is 11.7 Å². The van der Waals surface area contributed by atoms with Crippen LogP contribution in [-0.4, -0.2) is 18.0 Å². The molecule has 0 aliphatic heterocycles. The third kappa shape index (κ3) is 4.77.